The van der Waals surface area contributed by atoms with Crippen molar-refractivity contribution in [2.75, 3.05) is 24.9 Å². The molecule has 4 aromatic rings. The summed E-state index contributed by atoms with van der Waals surface area (Å²) in [7, 11) is 3.15. The normalized spacial score (nSPS) is 10.6. The summed E-state index contributed by atoms with van der Waals surface area (Å²) in [4.78, 5) is 21.9. The van der Waals surface area contributed by atoms with E-state index in [1.54, 1.807) is 26.4 Å². The van der Waals surface area contributed by atoms with Gasteiger partial charge in [-0.1, -0.05) is 17.8 Å². The summed E-state index contributed by atoms with van der Waals surface area (Å²) in [6.07, 6.45) is 1.49. The molecule has 0 saturated carbocycles. The predicted octanol–water partition coefficient (Wildman–Crippen LogP) is 5.58. The number of ether oxygens (including phenoxy) is 2. The molecule has 2 N–H and O–H groups in total. The van der Waals surface area contributed by atoms with Crippen molar-refractivity contribution in [1.29, 1.82) is 0 Å². The Hall–Kier alpha value is -3.85. The van der Waals surface area contributed by atoms with Gasteiger partial charge in [-0.25, -0.2) is 19.2 Å². The van der Waals surface area contributed by atoms with Gasteiger partial charge in [-0.15, -0.1) is 0 Å². The van der Waals surface area contributed by atoms with E-state index in [4.69, 9.17) is 9.47 Å². The van der Waals surface area contributed by atoms with Crippen LogP contribution in [0.2, 0.25) is 0 Å². The van der Waals surface area contributed by atoms with Gasteiger partial charge in [0.1, 0.15) is 17.2 Å². The van der Waals surface area contributed by atoms with Crippen LogP contribution in [0.15, 0.2) is 76.9 Å². The molecule has 9 heteroatoms. The number of amides is 2. The predicted molar refractivity (Wildman–Crippen MR) is 122 cm³/mol. The van der Waals surface area contributed by atoms with Crippen LogP contribution in [-0.4, -0.2) is 30.2 Å². The number of carbonyl (C=O) groups is 1. The van der Waals surface area contributed by atoms with Gasteiger partial charge in [0.2, 0.25) is 0 Å². The maximum Gasteiger partial charge on any atom is 0.323 e. The minimum Gasteiger partial charge on any atom is -0.493 e. The molecule has 32 heavy (non-hydrogen) atoms. The van der Waals surface area contributed by atoms with Gasteiger partial charge < -0.3 is 20.1 Å². The van der Waals surface area contributed by atoms with Crippen molar-refractivity contribution in [3.63, 3.8) is 0 Å². The van der Waals surface area contributed by atoms with Crippen molar-refractivity contribution in [1.82, 2.24) is 9.97 Å². The lowest BCUT2D eigenvalue weighted by Gasteiger charge is -2.11. The Bertz CT molecular complexity index is 1270. The fourth-order valence-corrected chi connectivity index (χ4v) is 3.95. The van der Waals surface area contributed by atoms with Crippen LogP contribution in [0.5, 0.6) is 11.5 Å². The summed E-state index contributed by atoms with van der Waals surface area (Å²) < 4.78 is 23.8. The highest BCUT2D eigenvalue weighted by Crippen LogP contribution is 2.37. The highest BCUT2D eigenvalue weighted by atomic mass is 32.2. The summed E-state index contributed by atoms with van der Waals surface area (Å²) >= 11 is 1.44. The number of carbonyl (C=O) groups excluding carboxylic acids is 1. The molecule has 0 saturated heterocycles. The zero-order valence-corrected chi connectivity index (χ0v) is 18.1. The van der Waals surface area contributed by atoms with E-state index in [1.165, 1.54) is 42.4 Å². The number of rotatable bonds is 6. The maximum atomic E-state index is 13.0. The number of urea groups is 1. The average molecular weight is 450 g/mol. The number of benzene rings is 3. The molecule has 0 bridgehead atoms. The van der Waals surface area contributed by atoms with E-state index < -0.39 is 6.03 Å². The molecule has 4 rings (SSSR count). The Labute approximate surface area is 188 Å². The number of methoxy groups -OCH3 is 2. The quantitative estimate of drug-likeness (QED) is 0.373. The first kappa shape index (κ1) is 21.4. The summed E-state index contributed by atoms with van der Waals surface area (Å²) in [5.41, 5.74) is 1.83. The molecule has 1 heterocycles. The number of halogens is 1. The third-order valence-electron chi connectivity index (χ3n) is 4.51. The summed E-state index contributed by atoms with van der Waals surface area (Å²) in [6.45, 7) is 0. The Balaban J connectivity index is 1.53. The molecular formula is C23H19FN4O3S. The van der Waals surface area contributed by atoms with Crippen LogP contribution in [0.1, 0.15) is 0 Å². The van der Waals surface area contributed by atoms with Gasteiger partial charge in [-0.05, 0) is 48.5 Å². The SMILES string of the molecule is COc1cc2ncnc(Sc3cccc(NC(=O)Nc4ccc(F)cc4)c3)c2cc1OC. The first-order valence-corrected chi connectivity index (χ1v) is 10.4. The second-order valence-corrected chi connectivity index (χ2v) is 7.68. The molecule has 1 aromatic heterocycles. The van der Waals surface area contributed by atoms with Gasteiger partial charge in [0, 0.05) is 27.7 Å². The standard InChI is InChI=1S/C23H19FN4O3S/c1-30-20-11-18-19(12-21(20)31-2)25-13-26-22(18)32-17-5-3-4-16(10-17)28-23(29)27-15-8-6-14(24)7-9-15/h3-13H,1-2H3,(H2,27,28,29). The van der Waals surface area contributed by atoms with Crippen molar-refractivity contribution >= 4 is 40.1 Å². The Morgan fingerprint density at radius 2 is 1.62 bits per heavy atom. The highest BCUT2D eigenvalue weighted by Gasteiger charge is 2.12. The second-order valence-electron chi connectivity index (χ2n) is 6.62. The zero-order chi connectivity index (χ0) is 22.5. The average Bonchev–Trinajstić information content (AvgIpc) is 2.80. The lowest BCUT2D eigenvalue weighted by atomic mass is 10.2. The van der Waals surface area contributed by atoms with Gasteiger partial charge in [0.15, 0.2) is 11.5 Å². The van der Waals surface area contributed by atoms with Crippen molar-refractivity contribution < 1.29 is 18.7 Å². The molecule has 0 atom stereocenters. The van der Waals surface area contributed by atoms with E-state index in [0.29, 0.717) is 22.9 Å². The van der Waals surface area contributed by atoms with Crippen LogP contribution < -0.4 is 20.1 Å². The van der Waals surface area contributed by atoms with Crippen molar-refractivity contribution in [3.8, 4) is 11.5 Å². The third kappa shape index (κ3) is 4.89. The number of hydrogen-bond acceptors (Lipinski definition) is 6. The van der Waals surface area contributed by atoms with Crippen LogP contribution in [-0.2, 0) is 0 Å². The van der Waals surface area contributed by atoms with E-state index in [1.807, 2.05) is 24.3 Å². The Morgan fingerprint density at radius 1 is 0.906 bits per heavy atom. The zero-order valence-electron chi connectivity index (χ0n) is 17.3. The molecular weight excluding hydrogens is 431 g/mol. The Morgan fingerprint density at radius 3 is 2.38 bits per heavy atom. The maximum absolute atomic E-state index is 13.0. The van der Waals surface area contributed by atoms with Gasteiger partial charge in [-0.2, -0.15) is 0 Å². The molecule has 3 aromatic carbocycles. The van der Waals surface area contributed by atoms with Crippen LogP contribution >= 0.6 is 11.8 Å². The van der Waals surface area contributed by atoms with E-state index in [0.717, 1.165) is 20.8 Å². The van der Waals surface area contributed by atoms with Gasteiger partial charge in [0.25, 0.3) is 0 Å². The minimum atomic E-state index is -0.428. The molecule has 0 aliphatic heterocycles. The van der Waals surface area contributed by atoms with Crippen LogP contribution in [0.25, 0.3) is 10.9 Å². The monoisotopic (exact) mass is 450 g/mol. The number of nitrogens with zero attached hydrogens (tertiary/aromatic N) is 2. The number of hydrogen-bond donors (Lipinski definition) is 2. The summed E-state index contributed by atoms with van der Waals surface area (Å²) in [6, 6.07) is 16.1. The molecule has 2 amide bonds. The van der Waals surface area contributed by atoms with E-state index in [9.17, 15) is 9.18 Å². The molecule has 0 aliphatic carbocycles. The molecule has 7 nitrogen and oxygen atoms in total. The first-order chi connectivity index (χ1) is 15.6. The molecule has 0 unspecified atom stereocenters. The van der Waals surface area contributed by atoms with E-state index in [-0.39, 0.29) is 5.82 Å². The second kappa shape index (κ2) is 9.52. The summed E-state index contributed by atoms with van der Waals surface area (Å²) in [5.74, 6) is 0.812. The van der Waals surface area contributed by atoms with Crippen LogP contribution in [0.3, 0.4) is 0 Å². The highest BCUT2D eigenvalue weighted by molar-refractivity contribution is 7.99. The van der Waals surface area contributed by atoms with Crippen molar-refractivity contribution in [2.24, 2.45) is 0 Å². The number of aromatic nitrogens is 2. The lowest BCUT2D eigenvalue weighted by Crippen LogP contribution is -2.19. The largest absolute Gasteiger partial charge is 0.493 e. The Kier molecular flexibility index (Phi) is 6.37. The fourth-order valence-electron chi connectivity index (χ4n) is 3.02. The van der Waals surface area contributed by atoms with Gasteiger partial charge >= 0.3 is 6.03 Å². The smallest absolute Gasteiger partial charge is 0.323 e. The van der Waals surface area contributed by atoms with Gasteiger partial charge in [0.05, 0.1) is 19.7 Å². The van der Waals surface area contributed by atoms with Crippen molar-refractivity contribution in [2.45, 2.75) is 9.92 Å². The number of anilines is 2. The van der Waals surface area contributed by atoms with E-state index >= 15 is 0 Å². The molecule has 0 spiro atoms. The number of nitrogens with one attached hydrogen (secondary N) is 2. The van der Waals surface area contributed by atoms with Crippen LogP contribution in [0.4, 0.5) is 20.6 Å². The topological polar surface area (TPSA) is 85.4 Å². The van der Waals surface area contributed by atoms with Crippen molar-refractivity contribution in [3.05, 3.63) is 72.8 Å². The minimum absolute atomic E-state index is 0.367. The number of fused-ring (bicyclic) bond motifs is 1. The lowest BCUT2D eigenvalue weighted by molar-refractivity contribution is 0.262. The molecule has 162 valence electrons. The fraction of sp³-hybridized carbons (Fsp3) is 0.0870. The molecule has 0 fully saturated rings. The van der Waals surface area contributed by atoms with Crippen LogP contribution in [0, 0.1) is 5.82 Å². The molecule has 0 aliphatic rings. The summed E-state index contributed by atoms with van der Waals surface area (Å²) in [5, 5.41) is 7.00. The third-order valence-corrected chi connectivity index (χ3v) is 5.52. The van der Waals surface area contributed by atoms with E-state index in [2.05, 4.69) is 20.6 Å². The first-order valence-electron chi connectivity index (χ1n) is 9.54. The van der Waals surface area contributed by atoms with Gasteiger partial charge in [-0.3, -0.25) is 0 Å². The molecule has 0 radical (unpaired) electrons.